The standard InChI is InChI=1S/C11H14N4O2S/c1-7-2-4-13-10-9(7)14-11(12)15(10)8-3-5-18(16,17)6-8/h2,4,8H,3,5-6H2,1H3,(H2,12,14). The fraction of sp³-hybridized carbons (Fsp3) is 0.455. The summed E-state index contributed by atoms with van der Waals surface area (Å²) in [6.07, 6.45) is 2.27. The Balaban J connectivity index is 2.18. The van der Waals surface area contributed by atoms with Crippen molar-refractivity contribution >= 4 is 26.9 Å². The SMILES string of the molecule is Cc1ccnc2c1nc(N)n2C1CCS(=O)(=O)C1. The van der Waals surface area contributed by atoms with Crippen LogP contribution in [0.4, 0.5) is 5.95 Å². The molecule has 18 heavy (non-hydrogen) atoms. The average molecular weight is 266 g/mol. The molecule has 1 unspecified atom stereocenters. The first-order valence-corrected chi connectivity index (χ1v) is 7.59. The molecule has 7 heteroatoms. The molecular formula is C11H14N4O2S. The first-order valence-electron chi connectivity index (χ1n) is 5.77. The van der Waals surface area contributed by atoms with Crippen LogP contribution in [-0.4, -0.2) is 34.5 Å². The van der Waals surface area contributed by atoms with Gasteiger partial charge in [-0.1, -0.05) is 0 Å². The van der Waals surface area contributed by atoms with Crippen molar-refractivity contribution in [1.29, 1.82) is 0 Å². The summed E-state index contributed by atoms with van der Waals surface area (Å²) in [5.74, 6) is 0.676. The first-order chi connectivity index (χ1) is 8.48. The maximum Gasteiger partial charge on any atom is 0.202 e. The van der Waals surface area contributed by atoms with E-state index in [0.29, 0.717) is 18.0 Å². The molecule has 3 heterocycles. The highest BCUT2D eigenvalue weighted by atomic mass is 32.2. The molecule has 6 nitrogen and oxygen atoms in total. The van der Waals surface area contributed by atoms with Gasteiger partial charge in [0.15, 0.2) is 15.5 Å². The molecule has 2 aromatic rings. The number of anilines is 1. The zero-order valence-electron chi connectivity index (χ0n) is 10.00. The number of pyridine rings is 1. The molecule has 0 radical (unpaired) electrons. The molecule has 0 saturated carbocycles. The van der Waals surface area contributed by atoms with Gasteiger partial charge >= 0.3 is 0 Å². The highest BCUT2D eigenvalue weighted by Crippen LogP contribution is 2.30. The zero-order chi connectivity index (χ0) is 12.9. The Bertz CT molecular complexity index is 720. The van der Waals surface area contributed by atoms with Gasteiger partial charge in [-0.2, -0.15) is 0 Å². The molecule has 2 aromatic heterocycles. The minimum Gasteiger partial charge on any atom is -0.369 e. The van der Waals surface area contributed by atoms with E-state index in [1.165, 1.54) is 0 Å². The van der Waals surface area contributed by atoms with E-state index in [4.69, 9.17) is 5.73 Å². The van der Waals surface area contributed by atoms with Crippen LogP contribution in [0.1, 0.15) is 18.0 Å². The van der Waals surface area contributed by atoms with Crippen molar-refractivity contribution < 1.29 is 8.42 Å². The summed E-state index contributed by atoms with van der Waals surface area (Å²) in [5, 5.41) is 0. The lowest BCUT2D eigenvalue weighted by Crippen LogP contribution is -2.13. The molecule has 1 atom stereocenters. The van der Waals surface area contributed by atoms with Crippen LogP contribution in [0.15, 0.2) is 12.3 Å². The van der Waals surface area contributed by atoms with Crippen molar-refractivity contribution in [3.8, 4) is 0 Å². The van der Waals surface area contributed by atoms with Crippen LogP contribution in [0.3, 0.4) is 0 Å². The molecule has 1 saturated heterocycles. The summed E-state index contributed by atoms with van der Waals surface area (Å²) in [6, 6.07) is 1.72. The van der Waals surface area contributed by atoms with Gasteiger partial charge in [0, 0.05) is 6.20 Å². The Kier molecular flexibility index (Phi) is 2.34. The smallest absolute Gasteiger partial charge is 0.202 e. The van der Waals surface area contributed by atoms with Crippen LogP contribution < -0.4 is 5.73 Å². The predicted molar refractivity (Wildman–Crippen MR) is 69.0 cm³/mol. The summed E-state index contributed by atoms with van der Waals surface area (Å²) in [4.78, 5) is 8.57. The molecule has 3 rings (SSSR count). The van der Waals surface area contributed by atoms with Crippen LogP contribution >= 0.6 is 0 Å². The van der Waals surface area contributed by atoms with Gasteiger partial charge in [0.25, 0.3) is 0 Å². The Morgan fingerprint density at radius 2 is 2.28 bits per heavy atom. The number of aromatic nitrogens is 3. The van der Waals surface area contributed by atoms with Gasteiger partial charge in [-0.3, -0.25) is 4.57 Å². The van der Waals surface area contributed by atoms with Crippen LogP contribution in [-0.2, 0) is 9.84 Å². The lowest BCUT2D eigenvalue weighted by atomic mass is 10.2. The van der Waals surface area contributed by atoms with Crippen LogP contribution in [0.25, 0.3) is 11.2 Å². The third-order valence-corrected chi connectivity index (χ3v) is 5.13. The van der Waals surface area contributed by atoms with Crippen molar-refractivity contribution in [3.63, 3.8) is 0 Å². The van der Waals surface area contributed by atoms with E-state index in [2.05, 4.69) is 9.97 Å². The molecule has 0 aliphatic carbocycles. The van der Waals surface area contributed by atoms with E-state index in [1.807, 2.05) is 13.0 Å². The predicted octanol–water partition coefficient (Wildman–Crippen LogP) is 0.682. The van der Waals surface area contributed by atoms with Crippen LogP contribution in [0.5, 0.6) is 0 Å². The molecule has 0 amide bonds. The zero-order valence-corrected chi connectivity index (χ0v) is 10.8. The first kappa shape index (κ1) is 11.5. The molecular weight excluding hydrogens is 252 g/mol. The van der Waals surface area contributed by atoms with E-state index < -0.39 is 9.84 Å². The van der Waals surface area contributed by atoms with Crippen LogP contribution in [0, 0.1) is 6.92 Å². The largest absolute Gasteiger partial charge is 0.369 e. The Hall–Kier alpha value is -1.63. The second-order valence-electron chi connectivity index (χ2n) is 4.70. The topological polar surface area (TPSA) is 90.9 Å². The summed E-state index contributed by atoms with van der Waals surface area (Å²) in [7, 11) is -2.95. The number of sulfone groups is 1. The molecule has 0 bridgehead atoms. The maximum atomic E-state index is 11.6. The van der Waals surface area contributed by atoms with Gasteiger partial charge in [-0.15, -0.1) is 0 Å². The fourth-order valence-corrected chi connectivity index (χ4v) is 4.17. The van der Waals surface area contributed by atoms with Gasteiger partial charge < -0.3 is 5.73 Å². The molecule has 1 aliphatic rings. The minimum atomic E-state index is -2.95. The lowest BCUT2D eigenvalue weighted by molar-refractivity contribution is 0.572. The number of hydrogen-bond acceptors (Lipinski definition) is 5. The lowest BCUT2D eigenvalue weighted by Gasteiger charge is -2.12. The van der Waals surface area contributed by atoms with Gasteiger partial charge in [0.2, 0.25) is 5.95 Å². The quantitative estimate of drug-likeness (QED) is 0.819. The highest BCUT2D eigenvalue weighted by Gasteiger charge is 2.31. The Morgan fingerprint density at radius 1 is 1.50 bits per heavy atom. The Labute approximate surface area is 105 Å². The number of hydrogen-bond donors (Lipinski definition) is 1. The van der Waals surface area contributed by atoms with E-state index in [1.54, 1.807) is 10.8 Å². The molecule has 2 N–H and O–H groups in total. The molecule has 1 aliphatic heterocycles. The van der Waals surface area contributed by atoms with E-state index in [-0.39, 0.29) is 17.5 Å². The Morgan fingerprint density at radius 3 is 2.94 bits per heavy atom. The summed E-state index contributed by atoms with van der Waals surface area (Å²) in [6.45, 7) is 1.94. The maximum absolute atomic E-state index is 11.6. The van der Waals surface area contributed by atoms with E-state index >= 15 is 0 Å². The summed E-state index contributed by atoms with van der Waals surface area (Å²) < 4.78 is 24.9. The number of nitrogen functional groups attached to an aromatic ring is 1. The second-order valence-corrected chi connectivity index (χ2v) is 6.93. The van der Waals surface area contributed by atoms with Gasteiger partial charge in [0.05, 0.1) is 17.5 Å². The van der Waals surface area contributed by atoms with Crippen molar-refractivity contribution in [3.05, 3.63) is 17.8 Å². The number of aryl methyl sites for hydroxylation is 1. The monoisotopic (exact) mass is 266 g/mol. The number of nitrogens with two attached hydrogens (primary N) is 1. The van der Waals surface area contributed by atoms with Crippen LogP contribution in [0.2, 0.25) is 0 Å². The third-order valence-electron chi connectivity index (χ3n) is 3.38. The number of imidazole rings is 1. The number of rotatable bonds is 1. The van der Waals surface area contributed by atoms with Crippen molar-refractivity contribution in [2.24, 2.45) is 0 Å². The second kappa shape index (κ2) is 3.68. The van der Waals surface area contributed by atoms with Crippen molar-refractivity contribution in [2.45, 2.75) is 19.4 Å². The highest BCUT2D eigenvalue weighted by molar-refractivity contribution is 7.91. The third kappa shape index (κ3) is 1.66. The van der Waals surface area contributed by atoms with Crippen molar-refractivity contribution in [2.75, 3.05) is 17.2 Å². The normalized spacial score (nSPS) is 22.6. The van der Waals surface area contributed by atoms with Gasteiger partial charge in [-0.05, 0) is 25.0 Å². The fourth-order valence-electron chi connectivity index (χ4n) is 2.47. The van der Waals surface area contributed by atoms with Gasteiger partial charge in [0.1, 0.15) is 5.52 Å². The minimum absolute atomic E-state index is 0.123. The van der Waals surface area contributed by atoms with E-state index in [0.717, 1.165) is 11.1 Å². The molecule has 96 valence electrons. The number of nitrogens with zero attached hydrogens (tertiary/aromatic N) is 3. The number of fused-ring (bicyclic) bond motifs is 1. The summed E-state index contributed by atoms with van der Waals surface area (Å²) >= 11 is 0. The summed E-state index contributed by atoms with van der Waals surface area (Å²) in [5.41, 5.74) is 8.32. The van der Waals surface area contributed by atoms with Crippen molar-refractivity contribution in [1.82, 2.24) is 14.5 Å². The average Bonchev–Trinajstić information content (AvgIpc) is 2.79. The molecule has 0 aromatic carbocycles. The van der Waals surface area contributed by atoms with E-state index in [9.17, 15) is 8.42 Å². The van der Waals surface area contributed by atoms with Gasteiger partial charge in [-0.25, -0.2) is 18.4 Å². The molecule has 1 fully saturated rings. The molecule has 0 spiro atoms.